The fourth-order valence-electron chi connectivity index (χ4n) is 3.01. The molecule has 156 valence electrons. The number of amides is 1. The van der Waals surface area contributed by atoms with Crippen LogP contribution in [-0.2, 0) is 16.1 Å². The Bertz CT molecular complexity index is 1240. The number of esters is 1. The van der Waals surface area contributed by atoms with Crippen molar-refractivity contribution >= 4 is 45.1 Å². The molecule has 0 aliphatic heterocycles. The smallest absolute Gasteiger partial charge is 0.348 e. The highest BCUT2D eigenvalue weighted by Crippen LogP contribution is 2.28. The standard InChI is InChI=1S/C23H20N4O3S/c1-2-30-23(29)21-13-17-12-18(8-10-20(17)31-21)24-22(28)11-9-19-15-27(26-25-19)14-16-6-4-3-5-7-16/h3-13,15H,2,14H2,1H3,(H,24,28)/b11-9+. The topological polar surface area (TPSA) is 86.1 Å². The molecule has 4 aromatic rings. The van der Waals surface area contributed by atoms with Crippen LogP contribution in [-0.4, -0.2) is 33.5 Å². The number of hydrogen-bond donors (Lipinski definition) is 1. The van der Waals surface area contributed by atoms with Gasteiger partial charge in [-0.05, 0) is 48.2 Å². The quantitative estimate of drug-likeness (QED) is 0.346. The van der Waals surface area contributed by atoms with Crippen molar-refractivity contribution in [3.63, 3.8) is 0 Å². The number of carbonyl (C=O) groups excluding carboxylic acids is 2. The third-order valence-electron chi connectivity index (χ3n) is 4.41. The summed E-state index contributed by atoms with van der Waals surface area (Å²) in [5.41, 5.74) is 2.36. The number of hydrogen-bond acceptors (Lipinski definition) is 6. The molecule has 0 bridgehead atoms. The Labute approximate surface area is 183 Å². The van der Waals surface area contributed by atoms with Crippen LogP contribution in [0.1, 0.15) is 27.9 Å². The van der Waals surface area contributed by atoms with E-state index in [1.165, 1.54) is 17.4 Å². The lowest BCUT2D eigenvalue weighted by Crippen LogP contribution is -2.07. The first-order chi connectivity index (χ1) is 15.1. The molecule has 0 aliphatic carbocycles. The SMILES string of the molecule is CCOC(=O)c1cc2cc(NC(=O)/C=C/c3cn(Cc4ccccc4)nn3)ccc2s1. The van der Waals surface area contributed by atoms with Gasteiger partial charge in [0.25, 0.3) is 0 Å². The van der Waals surface area contributed by atoms with E-state index in [1.54, 1.807) is 36.0 Å². The predicted molar refractivity (Wildman–Crippen MR) is 121 cm³/mol. The van der Waals surface area contributed by atoms with Crippen molar-refractivity contribution in [2.45, 2.75) is 13.5 Å². The number of rotatable bonds is 7. The Kier molecular flexibility index (Phi) is 6.18. The van der Waals surface area contributed by atoms with Crippen molar-refractivity contribution in [1.82, 2.24) is 15.0 Å². The van der Waals surface area contributed by atoms with E-state index in [1.807, 2.05) is 42.5 Å². The van der Waals surface area contributed by atoms with E-state index in [4.69, 9.17) is 4.74 Å². The van der Waals surface area contributed by atoms with Gasteiger partial charge in [-0.2, -0.15) is 0 Å². The number of thiophene rings is 1. The number of anilines is 1. The van der Waals surface area contributed by atoms with Gasteiger partial charge in [0.1, 0.15) is 10.6 Å². The maximum absolute atomic E-state index is 12.3. The molecule has 0 unspecified atom stereocenters. The van der Waals surface area contributed by atoms with Crippen LogP contribution in [0.4, 0.5) is 5.69 Å². The fraction of sp³-hybridized carbons (Fsp3) is 0.130. The molecule has 0 saturated heterocycles. The van der Waals surface area contributed by atoms with Gasteiger partial charge in [0, 0.05) is 16.5 Å². The lowest BCUT2D eigenvalue weighted by molar-refractivity contribution is -0.111. The van der Waals surface area contributed by atoms with Crippen LogP contribution in [0, 0.1) is 0 Å². The van der Waals surface area contributed by atoms with Crippen LogP contribution >= 0.6 is 11.3 Å². The molecule has 4 rings (SSSR count). The van der Waals surface area contributed by atoms with Crippen LogP contribution in [0.2, 0.25) is 0 Å². The van der Waals surface area contributed by atoms with E-state index >= 15 is 0 Å². The van der Waals surface area contributed by atoms with Crippen molar-refractivity contribution in [3.05, 3.63) is 83.0 Å². The molecule has 2 aromatic heterocycles. The monoisotopic (exact) mass is 432 g/mol. The summed E-state index contributed by atoms with van der Waals surface area (Å²) < 4.78 is 7.71. The van der Waals surface area contributed by atoms with Crippen molar-refractivity contribution in [2.75, 3.05) is 11.9 Å². The molecule has 2 heterocycles. The average Bonchev–Trinajstić information content (AvgIpc) is 3.40. The number of ether oxygens (including phenoxy) is 1. The van der Waals surface area contributed by atoms with Crippen LogP contribution in [0.25, 0.3) is 16.2 Å². The number of benzene rings is 2. The van der Waals surface area contributed by atoms with Gasteiger partial charge in [-0.3, -0.25) is 4.79 Å². The van der Waals surface area contributed by atoms with E-state index < -0.39 is 0 Å². The van der Waals surface area contributed by atoms with E-state index in [0.717, 1.165) is 15.6 Å². The lowest BCUT2D eigenvalue weighted by atomic mass is 10.2. The Morgan fingerprint density at radius 1 is 1.16 bits per heavy atom. The minimum Gasteiger partial charge on any atom is -0.462 e. The third kappa shape index (κ3) is 5.23. The first kappa shape index (κ1) is 20.5. The van der Waals surface area contributed by atoms with Crippen molar-refractivity contribution in [1.29, 1.82) is 0 Å². The summed E-state index contributed by atoms with van der Waals surface area (Å²) >= 11 is 1.36. The summed E-state index contributed by atoms with van der Waals surface area (Å²) in [5, 5.41) is 11.9. The van der Waals surface area contributed by atoms with Crippen molar-refractivity contribution in [2.24, 2.45) is 0 Å². The Balaban J connectivity index is 1.38. The maximum atomic E-state index is 12.3. The molecular formula is C23H20N4O3S. The zero-order chi connectivity index (χ0) is 21.6. The zero-order valence-corrected chi connectivity index (χ0v) is 17.6. The van der Waals surface area contributed by atoms with Crippen LogP contribution in [0.5, 0.6) is 0 Å². The average molecular weight is 433 g/mol. The van der Waals surface area contributed by atoms with Crippen LogP contribution in [0.15, 0.2) is 66.9 Å². The summed E-state index contributed by atoms with van der Waals surface area (Å²) in [7, 11) is 0. The largest absolute Gasteiger partial charge is 0.462 e. The van der Waals surface area contributed by atoms with Gasteiger partial charge in [-0.15, -0.1) is 16.4 Å². The molecule has 7 nitrogen and oxygen atoms in total. The number of fused-ring (bicyclic) bond motifs is 1. The molecule has 0 radical (unpaired) electrons. The number of nitrogens with zero attached hydrogens (tertiary/aromatic N) is 3. The summed E-state index contributed by atoms with van der Waals surface area (Å²) in [6, 6.07) is 17.2. The van der Waals surface area contributed by atoms with E-state index in [9.17, 15) is 9.59 Å². The van der Waals surface area contributed by atoms with Crippen LogP contribution in [0.3, 0.4) is 0 Å². The molecule has 0 saturated carbocycles. The minimum atomic E-state index is -0.336. The lowest BCUT2D eigenvalue weighted by Gasteiger charge is -2.01. The molecule has 0 fully saturated rings. The second-order valence-electron chi connectivity index (χ2n) is 6.73. The van der Waals surface area contributed by atoms with Gasteiger partial charge in [-0.25, -0.2) is 9.48 Å². The minimum absolute atomic E-state index is 0.280. The molecule has 2 aromatic carbocycles. The third-order valence-corrected chi connectivity index (χ3v) is 5.51. The molecular weight excluding hydrogens is 412 g/mol. The zero-order valence-electron chi connectivity index (χ0n) is 16.8. The molecule has 8 heteroatoms. The number of carbonyl (C=O) groups is 2. The van der Waals surface area contributed by atoms with Gasteiger partial charge < -0.3 is 10.1 Å². The summed E-state index contributed by atoms with van der Waals surface area (Å²) in [5.74, 6) is -0.615. The first-order valence-corrected chi connectivity index (χ1v) is 10.6. The van der Waals surface area contributed by atoms with E-state index in [2.05, 4.69) is 15.6 Å². The van der Waals surface area contributed by atoms with E-state index in [0.29, 0.717) is 29.4 Å². The Morgan fingerprint density at radius 3 is 2.81 bits per heavy atom. The summed E-state index contributed by atoms with van der Waals surface area (Å²) in [4.78, 5) is 24.7. The highest BCUT2D eigenvalue weighted by Gasteiger charge is 2.11. The van der Waals surface area contributed by atoms with Gasteiger partial charge in [0.2, 0.25) is 5.91 Å². The maximum Gasteiger partial charge on any atom is 0.348 e. The molecule has 1 amide bonds. The Morgan fingerprint density at radius 2 is 2.00 bits per heavy atom. The highest BCUT2D eigenvalue weighted by molar-refractivity contribution is 7.20. The molecule has 0 atom stereocenters. The van der Waals surface area contributed by atoms with Gasteiger partial charge >= 0.3 is 5.97 Å². The summed E-state index contributed by atoms with van der Waals surface area (Å²) in [6.45, 7) is 2.72. The molecule has 0 aliphatic rings. The first-order valence-electron chi connectivity index (χ1n) is 9.74. The van der Waals surface area contributed by atoms with Crippen LogP contribution < -0.4 is 5.32 Å². The predicted octanol–water partition coefficient (Wildman–Crippen LogP) is 4.37. The fourth-order valence-corrected chi connectivity index (χ4v) is 3.94. The second kappa shape index (κ2) is 9.36. The normalized spacial score (nSPS) is 11.1. The Hall–Kier alpha value is -3.78. The second-order valence-corrected chi connectivity index (χ2v) is 7.82. The molecule has 31 heavy (non-hydrogen) atoms. The van der Waals surface area contributed by atoms with Gasteiger partial charge in [0.05, 0.1) is 19.3 Å². The van der Waals surface area contributed by atoms with Crippen molar-refractivity contribution < 1.29 is 14.3 Å². The van der Waals surface area contributed by atoms with Gasteiger partial charge in [-0.1, -0.05) is 35.5 Å². The number of aromatic nitrogens is 3. The number of nitrogens with one attached hydrogen (secondary N) is 1. The van der Waals surface area contributed by atoms with Crippen molar-refractivity contribution in [3.8, 4) is 0 Å². The van der Waals surface area contributed by atoms with Gasteiger partial charge in [0.15, 0.2) is 0 Å². The molecule has 0 spiro atoms. The summed E-state index contributed by atoms with van der Waals surface area (Å²) in [6.07, 6.45) is 4.82. The highest BCUT2D eigenvalue weighted by atomic mass is 32.1. The molecule has 1 N–H and O–H groups in total. The van der Waals surface area contributed by atoms with E-state index in [-0.39, 0.29) is 11.9 Å².